The highest BCUT2D eigenvalue weighted by Crippen LogP contribution is 2.23. The molecule has 0 spiro atoms. The molecule has 0 unspecified atom stereocenters. The Labute approximate surface area is 102 Å². The van der Waals surface area contributed by atoms with Crippen LogP contribution in [0, 0.1) is 0 Å². The van der Waals surface area contributed by atoms with Crippen LogP contribution >= 0.6 is 0 Å². The molecule has 6 nitrogen and oxygen atoms in total. The van der Waals surface area contributed by atoms with Gasteiger partial charge in [-0.1, -0.05) is 18.2 Å². The third kappa shape index (κ3) is 1.51. The Kier molecular flexibility index (Phi) is 2.26. The van der Waals surface area contributed by atoms with Gasteiger partial charge in [-0.3, -0.25) is 4.98 Å². The van der Waals surface area contributed by atoms with Crippen LogP contribution in [-0.4, -0.2) is 30.8 Å². The van der Waals surface area contributed by atoms with Gasteiger partial charge in [-0.25, -0.2) is 14.5 Å². The highest BCUT2D eigenvalue weighted by Gasteiger charge is 2.16. The Morgan fingerprint density at radius 1 is 1.28 bits per heavy atom. The third-order valence-electron chi connectivity index (χ3n) is 2.63. The van der Waals surface area contributed by atoms with Crippen molar-refractivity contribution in [3.05, 3.63) is 48.7 Å². The molecule has 0 aliphatic carbocycles. The predicted octanol–water partition coefficient (Wildman–Crippen LogP) is 1.51. The molecule has 1 aromatic carbocycles. The zero-order chi connectivity index (χ0) is 12.5. The minimum absolute atomic E-state index is 0.0965. The number of aromatic carboxylic acids is 1. The van der Waals surface area contributed by atoms with Crippen LogP contribution in [0.15, 0.2) is 43.1 Å². The fourth-order valence-electron chi connectivity index (χ4n) is 1.85. The zero-order valence-electron chi connectivity index (χ0n) is 9.19. The van der Waals surface area contributed by atoms with E-state index in [1.807, 2.05) is 24.3 Å². The molecule has 0 amide bonds. The number of carboxylic acids is 1. The van der Waals surface area contributed by atoms with Gasteiger partial charge in [0.2, 0.25) is 0 Å². The number of carboxylic acid groups (broad SMARTS) is 1. The summed E-state index contributed by atoms with van der Waals surface area (Å²) in [6, 6.07) is 7.31. The predicted molar refractivity (Wildman–Crippen MR) is 63.6 cm³/mol. The van der Waals surface area contributed by atoms with Crippen molar-refractivity contribution in [2.75, 3.05) is 0 Å². The first-order valence-corrected chi connectivity index (χ1v) is 5.23. The van der Waals surface area contributed by atoms with Crippen LogP contribution in [0.5, 0.6) is 0 Å². The fourth-order valence-corrected chi connectivity index (χ4v) is 1.85. The van der Waals surface area contributed by atoms with Crippen molar-refractivity contribution < 1.29 is 9.90 Å². The lowest BCUT2D eigenvalue weighted by molar-refractivity contribution is 0.0696. The van der Waals surface area contributed by atoms with Gasteiger partial charge in [-0.15, -0.1) is 0 Å². The molecule has 0 aliphatic rings. The second kappa shape index (κ2) is 3.92. The molecule has 88 valence electrons. The van der Waals surface area contributed by atoms with Crippen LogP contribution in [0.3, 0.4) is 0 Å². The lowest BCUT2D eigenvalue weighted by Crippen LogP contribution is -2.07. The van der Waals surface area contributed by atoms with Crippen molar-refractivity contribution in [3.8, 4) is 5.69 Å². The highest BCUT2D eigenvalue weighted by atomic mass is 16.4. The Balaban J connectivity index is 2.43. The van der Waals surface area contributed by atoms with Crippen LogP contribution in [0.1, 0.15) is 10.4 Å². The van der Waals surface area contributed by atoms with Crippen molar-refractivity contribution in [2.45, 2.75) is 0 Å². The van der Waals surface area contributed by atoms with Gasteiger partial charge in [0.1, 0.15) is 18.2 Å². The average Bonchev–Trinajstić information content (AvgIpc) is 2.90. The average molecular weight is 240 g/mol. The number of hydrogen-bond donors (Lipinski definition) is 1. The largest absolute Gasteiger partial charge is 0.478 e. The summed E-state index contributed by atoms with van der Waals surface area (Å²) in [4.78, 5) is 19.2. The van der Waals surface area contributed by atoms with E-state index in [1.54, 1.807) is 0 Å². The minimum atomic E-state index is -1.04. The van der Waals surface area contributed by atoms with E-state index in [0.717, 1.165) is 5.39 Å². The first-order chi connectivity index (χ1) is 8.77. The Hall–Kier alpha value is -2.76. The number of para-hydroxylation sites is 1. The topological polar surface area (TPSA) is 80.9 Å². The van der Waals surface area contributed by atoms with E-state index in [4.69, 9.17) is 0 Å². The van der Waals surface area contributed by atoms with Crippen molar-refractivity contribution >= 4 is 16.9 Å². The van der Waals surface area contributed by atoms with Crippen LogP contribution in [0.25, 0.3) is 16.6 Å². The van der Waals surface area contributed by atoms with Gasteiger partial charge in [0.15, 0.2) is 0 Å². The van der Waals surface area contributed by atoms with Crippen molar-refractivity contribution in [2.24, 2.45) is 0 Å². The van der Waals surface area contributed by atoms with E-state index in [2.05, 4.69) is 15.1 Å². The lowest BCUT2D eigenvalue weighted by Gasteiger charge is -2.08. The van der Waals surface area contributed by atoms with E-state index < -0.39 is 5.97 Å². The molecule has 0 saturated heterocycles. The van der Waals surface area contributed by atoms with Crippen molar-refractivity contribution in [3.63, 3.8) is 0 Å². The normalized spacial score (nSPS) is 10.7. The van der Waals surface area contributed by atoms with E-state index >= 15 is 0 Å². The van der Waals surface area contributed by atoms with E-state index in [0.29, 0.717) is 11.2 Å². The van der Waals surface area contributed by atoms with Gasteiger partial charge in [0, 0.05) is 11.6 Å². The van der Waals surface area contributed by atoms with Crippen LogP contribution < -0.4 is 0 Å². The molecule has 3 rings (SSSR count). The second-order valence-electron chi connectivity index (χ2n) is 3.68. The summed E-state index contributed by atoms with van der Waals surface area (Å²) >= 11 is 0. The number of rotatable bonds is 2. The monoisotopic (exact) mass is 240 g/mol. The maximum atomic E-state index is 11.3. The lowest BCUT2D eigenvalue weighted by atomic mass is 10.1. The summed E-state index contributed by atoms with van der Waals surface area (Å²) < 4.78 is 1.44. The molecular formula is C12H8N4O2. The number of fused-ring (bicyclic) bond motifs is 1. The SMILES string of the molecule is O=C(O)c1cnc2ccccc2c1-n1cncn1. The standard InChI is InChI=1S/C12H8N4O2/c17-12(18)9-5-14-10-4-2-1-3-8(10)11(9)16-7-13-6-15-16/h1-7H,(H,17,18). The summed E-state index contributed by atoms with van der Waals surface area (Å²) in [6.07, 6.45) is 4.16. The molecule has 0 atom stereocenters. The molecule has 0 saturated carbocycles. The Morgan fingerprint density at radius 2 is 2.11 bits per heavy atom. The molecule has 18 heavy (non-hydrogen) atoms. The number of hydrogen-bond acceptors (Lipinski definition) is 4. The van der Waals surface area contributed by atoms with Gasteiger partial charge in [0.25, 0.3) is 0 Å². The van der Waals surface area contributed by atoms with Gasteiger partial charge < -0.3 is 5.11 Å². The van der Waals surface area contributed by atoms with Crippen molar-refractivity contribution in [1.29, 1.82) is 0 Å². The quantitative estimate of drug-likeness (QED) is 0.734. The second-order valence-corrected chi connectivity index (χ2v) is 3.68. The van der Waals surface area contributed by atoms with Crippen LogP contribution in [0.2, 0.25) is 0 Å². The minimum Gasteiger partial charge on any atom is -0.478 e. The molecular weight excluding hydrogens is 232 g/mol. The molecule has 6 heteroatoms. The first kappa shape index (κ1) is 10.4. The maximum Gasteiger partial charge on any atom is 0.339 e. The number of benzene rings is 1. The molecule has 2 heterocycles. The molecule has 0 bridgehead atoms. The molecule has 0 aliphatic heterocycles. The third-order valence-corrected chi connectivity index (χ3v) is 2.63. The van der Waals surface area contributed by atoms with E-state index in [-0.39, 0.29) is 5.56 Å². The molecule has 3 aromatic rings. The van der Waals surface area contributed by atoms with Crippen molar-refractivity contribution in [1.82, 2.24) is 19.7 Å². The van der Waals surface area contributed by atoms with E-state index in [9.17, 15) is 9.90 Å². The molecule has 0 fully saturated rings. The highest BCUT2D eigenvalue weighted by molar-refractivity contribution is 6.00. The number of nitrogens with zero attached hydrogens (tertiary/aromatic N) is 4. The van der Waals surface area contributed by atoms with Gasteiger partial charge in [0.05, 0.1) is 11.2 Å². The molecule has 2 aromatic heterocycles. The summed E-state index contributed by atoms with van der Waals surface area (Å²) in [5, 5.41) is 13.9. The number of aromatic nitrogens is 4. The van der Waals surface area contributed by atoms with E-state index in [1.165, 1.54) is 23.5 Å². The number of carbonyl (C=O) groups is 1. The summed E-state index contributed by atoms with van der Waals surface area (Å²) in [5.74, 6) is -1.04. The molecule has 0 radical (unpaired) electrons. The van der Waals surface area contributed by atoms with Gasteiger partial charge in [-0.2, -0.15) is 5.10 Å². The zero-order valence-corrected chi connectivity index (χ0v) is 9.19. The smallest absolute Gasteiger partial charge is 0.339 e. The Bertz CT molecular complexity index is 722. The van der Waals surface area contributed by atoms with Crippen LogP contribution in [0.4, 0.5) is 0 Å². The summed E-state index contributed by atoms with van der Waals surface area (Å²) in [7, 11) is 0. The maximum absolute atomic E-state index is 11.3. The Morgan fingerprint density at radius 3 is 2.83 bits per heavy atom. The van der Waals surface area contributed by atoms with Gasteiger partial charge in [-0.05, 0) is 6.07 Å². The molecule has 1 N–H and O–H groups in total. The fraction of sp³-hybridized carbons (Fsp3) is 0. The summed E-state index contributed by atoms with van der Waals surface area (Å²) in [5.41, 5.74) is 1.29. The van der Waals surface area contributed by atoms with Gasteiger partial charge >= 0.3 is 5.97 Å². The first-order valence-electron chi connectivity index (χ1n) is 5.23. The summed E-state index contributed by atoms with van der Waals surface area (Å²) in [6.45, 7) is 0. The van der Waals surface area contributed by atoms with Crippen LogP contribution in [-0.2, 0) is 0 Å². The number of pyridine rings is 1.